The second-order valence-corrected chi connectivity index (χ2v) is 6.17. The summed E-state index contributed by atoms with van der Waals surface area (Å²) in [6.45, 7) is 1.49. The van der Waals surface area contributed by atoms with Crippen LogP contribution in [-0.2, 0) is 11.3 Å². The Balaban J connectivity index is 1.59. The molecular weight excluding hydrogens is 350 g/mol. The van der Waals surface area contributed by atoms with Crippen LogP contribution in [0.3, 0.4) is 0 Å². The SMILES string of the molecule is O=C(NCc1ccc(F)cc1)N1CCO[C@@H](c2ccc(F)c(Cl)c2)C1. The number of halogens is 3. The molecule has 7 heteroatoms. The van der Waals surface area contributed by atoms with Crippen LogP contribution in [0.2, 0.25) is 5.02 Å². The number of benzene rings is 2. The topological polar surface area (TPSA) is 41.6 Å². The summed E-state index contributed by atoms with van der Waals surface area (Å²) in [7, 11) is 0. The lowest BCUT2D eigenvalue weighted by Gasteiger charge is -2.33. The standard InChI is InChI=1S/C18H17ClF2N2O2/c19-15-9-13(3-6-16(15)21)17-11-23(7-8-25-17)18(24)22-10-12-1-4-14(20)5-2-12/h1-6,9,17H,7-8,10-11H2,(H,22,24)/t17-/m1/s1. The number of hydrogen-bond donors (Lipinski definition) is 1. The molecule has 0 aliphatic carbocycles. The molecule has 25 heavy (non-hydrogen) atoms. The van der Waals surface area contributed by atoms with Crippen LogP contribution in [0.1, 0.15) is 17.2 Å². The van der Waals surface area contributed by atoms with Crippen LogP contribution in [-0.4, -0.2) is 30.6 Å². The molecule has 1 aliphatic rings. The fourth-order valence-electron chi connectivity index (χ4n) is 2.64. The van der Waals surface area contributed by atoms with E-state index in [4.69, 9.17) is 16.3 Å². The molecule has 0 aromatic heterocycles. The van der Waals surface area contributed by atoms with Crippen molar-refractivity contribution in [3.63, 3.8) is 0 Å². The summed E-state index contributed by atoms with van der Waals surface area (Å²) in [5.74, 6) is -0.806. The van der Waals surface area contributed by atoms with Crippen molar-refractivity contribution in [1.82, 2.24) is 10.2 Å². The number of amides is 2. The number of nitrogens with zero attached hydrogens (tertiary/aromatic N) is 1. The van der Waals surface area contributed by atoms with Crippen molar-refractivity contribution in [3.05, 3.63) is 70.2 Å². The maximum Gasteiger partial charge on any atom is 0.317 e. The van der Waals surface area contributed by atoms with Crippen LogP contribution in [0, 0.1) is 11.6 Å². The third-order valence-electron chi connectivity index (χ3n) is 4.03. The quantitative estimate of drug-likeness (QED) is 0.895. The van der Waals surface area contributed by atoms with Crippen molar-refractivity contribution in [3.8, 4) is 0 Å². The molecule has 0 saturated carbocycles. The lowest BCUT2D eigenvalue weighted by atomic mass is 10.1. The highest BCUT2D eigenvalue weighted by Gasteiger charge is 2.25. The van der Waals surface area contributed by atoms with Gasteiger partial charge in [-0.1, -0.05) is 29.8 Å². The van der Waals surface area contributed by atoms with E-state index in [1.165, 1.54) is 24.3 Å². The highest BCUT2D eigenvalue weighted by molar-refractivity contribution is 6.30. The molecule has 1 saturated heterocycles. The van der Waals surface area contributed by atoms with Gasteiger partial charge >= 0.3 is 6.03 Å². The van der Waals surface area contributed by atoms with E-state index in [-0.39, 0.29) is 23.0 Å². The Bertz CT molecular complexity index is 755. The minimum Gasteiger partial charge on any atom is -0.370 e. The molecule has 1 N–H and O–H groups in total. The Morgan fingerprint density at radius 1 is 1.24 bits per heavy atom. The fourth-order valence-corrected chi connectivity index (χ4v) is 2.83. The first-order valence-corrected chi connectivity index (χ1v) is 8.24. The Morgan fingerprint density at radius 3 is 2.72 bits per heavy atom. The minimum absolute atomic E-state index is 0.0268. The maximum absolute atomic E-state index is 13.3. The number of carbonyl (C=O) groups is 1. The molecule has 2 amide bonds. The summed E-state index contributed by atoms with van der Waals surface area (Å²) in [4.78, 5) is 14.0. The van der Waals surface area contributed by atoms with Crippen LogP contribution in [0.5, 0.6) is 0 Å². The molecule has 1 fully saturated rings. The predicted molar refractivity (Wildman–Crippen MR) is 90.3 cm³/mol. The van der Waals surface area contributed by atoms with E-state index in [2.05, 4.69) is 5.32 Å². The second-order valence-electron chi connectivity index (χ2n) is 5.76. The number of rotatable bonds is 3. The highest BCUT2D eigenvalue weighted by Crippen LogP contribution is 2.26. The van der Waals surface area contributed by atoms with Gasteiger partial charge in [-0.3, -0.25) is 0 Å². The Kier molecular flexibility index (Phi) is 5.50. The minimum atomic E-state index is -0.491. The Morgan fingerprint density at radius 2 is 2.00 bits per heavy atom. The van der Waals surface area contributed by atoms with E-state index >= 15 is 0 Å². The van der Waals surface area contributed by atoms with Crippen molar-refractivity contribution < 1.29 is 18.3 Å². The van der Waals surface area contributed by atoms with Gasteiger partial charge in [-0.2, -0.15) is 0 Å². The van der Waals surface area contributed by atoms with Crippen LogP contribution in [0.15, 0.2) is 42.5 Å². The molecule has 2 aromatic carbocycles. The molecular formula is C18H17ClF2N2O2. The first-order chi connectivity index (χ1) is 12.0. The van der Waals surface area contributed by atoms with Gasteiger partial charge in [-0.05, 0) is 35.4 Å². The summed E-state index contributed by atoms with van der Waals surface area (Å²) >= 11 is 5.81. The molecule has 0 spiro atoms. The van der Waals surface area contributed by atoms with Gasteiger partial charge in [0, 0.05) is 13.1 Å². The summed E-state index contributed by atoms with van der Waals surface area (Å²) in [6, 6.07) is 10.1. The molecule has 0 radical (unpaired) electrons. The van der Waals surface area contributed by atoms with Crippen molar-refractivity contribution in [2.45, 2.75) is 12.6 Å². The Hall–Kier alpha value is -2.18. The average molecular weight is 367 g/mol. The number of hydrogen-bond acceptors (Lipinski definition) is 2. The van der Waals surface area contributed by atoms with Gasteiger partial charge in [0.25, 0.3) is 0 Å². The van der Waals surface area contributed by atoms with Gasteiger partial charge in [0.2, 0.25) is 0 Å². The van der Waals surface area contributed by atoms with E-state index in [1.54, 1.807) is 23.1 Å². The van der Waals surface area contributed by atoms with Crippen molar-refractivity contribution >= 4 is 17.6 Å². The van der Waals surface area contributed by atoms with Gasteiger partial charge in [0.05, 0.1) is 18.2 Å². The number of ether oxygens (including phenoxy) is 1. The average Bonchev–Trinajstić information content (AvgIpc) is 2.63. The van der Waals surface area contributed by atoms with Gasteiger partial charge in [-0.15, -0.1) is 0 Å². The second kappa shape index (κ2) is 7.80. The van der Waals surface area contributed by atoms with Crippen LogP contribution >= 0.6 is 11.6 Å². The number of carbonyl (C=O) groups excluding carboxylic acids is 1. The van der Waals surface area contributed by atoms with E-state index in [0.29, 0.717) is 26.2 Å². The smallest absolute Gasteiger partial charge is 0.317 e. The van der Waals surface area contributed by atoms with Crippen LogP contribution in [0.25, 0.3) is 0 Å². The number of urea groups is 1. The molecule has 0 bridgehead atoms. The molecule has 4 nitrogen and oxygen atoms in total. The van der Waals surface area contributed by atoms with Crippen molar-refractivity contribution in [2.24, 2.45) is 0 Å². The summed E-state index contributed by atoms with van der Waals surface area (Å²) in [5.41, 5.74) is 1.53. The van der Waals surface area contributed by atoms with E-state index in [0.717, 1.165) is 11.1 Å². The molecule has 1 atom stereocenters. The molecule has 2 aromatic rings. The monoisotopic (exact) mass is 366 g/mol. The molecule has 3 rings (SSSR count). The first-order valence-electron chi connectivity index (χ1n) is 7.86. The van der Waals surface area contributed by atoms with E-state index < -0.39 is 5.82 Å². The highest BCUT2D eigenvalue weighted by atomic mass is 35.5. The predicted octanol–water partition coefficient (Wildman–Crippen LogP) is 3.90. The zero-order valence-corrected chi connectivity index (χ0v) is 14.1. The summed E-state index contributed by atoms with van der Waals surface area (Å²) in [6.07, 6.45) is -0.358. The van der Waals surface area contributed by atoms with Gasteiger partial charge in [0.1, 0.15) is 17.7 Å². The van der Waals surface area contributed by atoms with Crippen LogP contribution in [0.4, 0.5) is 13.6 Å². The first kappa shape index (κ1) is 17.6. The van der Waals surface area contributed by atoms with Crippen molar-refractivity contribution in [1.29, 1.82) is 0 Å². The lowest BCUT2D eigenvalue weighted by Crippen LogP contribution is -2.46. The summed E-state index contributed by atoms with van der Waals surface area (Å²) in [5, 5.41) is 2.83. The number of nitrogens with one attached hydrogen (secondary N) is 1. The third kappa shape index (κ3) is 4.46. The molecule has 132 valence electrons. The molecule has 1 heterocycles. The Labute approximate surface area is 149 Å². The van der Waals surface area contributed by atoms with Gasteiger partial charge in [0.15, 0.2) is 0 Å². The third-order valence-corrected chi connectivity index (χ3v) is 4.32. The van der Waals surface area contributed by atoms with Crippen LogP contribution < -0.4 is 5.32 Å². The largest absolute Gasteiger partial charge is 0.370 e. The van der Waals surface area contributed by atoms with Gasteiger partial charge < -0.3 is 15.0 Å². The maximum atomic E-state index is 13.3. The molecule has 1 aliphatic heterocycles. The zero-order valence-electron chi connectivity index (χ0n) is 13.3. The summed E-state index contributed by atoms with van der Waals surface area (Å²) < 4.78 is 31.8. The van der Waals surface area contributed by atoms with Crippen molar-refractivity contribution in [2.75, 3.05) is 19.7 Å². The number of morpholine rings is 1. The normalized spacial score (nSPS) is 17.4. The van der Waals surface area contributed by atoms with Gasteiger partial charge in [-0.25, -0.2) is 13.6 Å². The van der Waals surface area contributed by atoms with E-state index in [1.807, 2.05) is 0 Å². The molecule has 0 unspecified atom stereocenters. The fraction of sp³-hybridized carbons (Fsp3) is 0.278. The lowest BCUT2D eigenvalue weighted by molar-refractivity contribution is -0.0155. The van der Waals surface area contributed by atoms with E-state index in [9.17, 15) is 13.6 Å². The zero-order chi connectivity index (χ0) is 17.8.